The van der Waals surface area contributed by atoms with Gasteiger partial charge < -0.3 is 4.90 Å². The number of rotatable bonds is 6. The number of aryl methyl sites for hydroxylation is 1. The van der Waals surface area contributed by atoms with Crippen LogP contribution in [-0.4, -0.2) is 53.1 Å². The number of nitrogens with one attached hydrogen (secondary N) is 1. The van der Waals surface area contributed by atoms with Gasteiger partial charge in [0.1, 0.15) is 0 Å². The van der Waals surface area contributed by atoms with Crippen LogP contribution in [0.25, 0.3) is 0 Å². The summed E-state index contributed by atoms with van der Waals surface area (Å²) >= 11 is 0. The fraction of sp³-hybridized carbons (Fsp3) is 0.522. The van der Waals surface area contributed by atoms with Crippen molar-refractivity contribution in [2.75, 3.05) is 11.4 Å². The molecule has 2 fully saturated rings. The highest BCUT2D eigenvalue weighted by Crippen LogP contribution is 2.49. The normalized spacial score (nSPS) is 23.4. The smallest absolute Gasteiger partial charge is 0.263 e. The first-order valence-corrected chi connectivity index (χ1v) is 13.0. The molecule has 0 spiro atoms. The SMILES string of the molecule is C[C@@H]1CN=C2N(Cc3cnn(C)c3)C(=O)c3cc(S(=O)(=O)NC4(C)CC4)cc(C4CC4)c3N21. The van der Waals surface area contributed by atoms with Gasteiger partial charge in [0.25, 0.3) is 5.91 Å². The van der Waals surface area contributed by atoms with Crippen molar-refractivity contribution in [2.24, 2.45) is 12.0 Å². The minimum absolute atomic E-state index is 0.0895. The molecule has 4 aliphatic rings. The molecule has 0 saturated heterocycles. The molecule has 33 heavy (non-hydrogen) atoms. The second-order valence-corrected chi connectivity index (χ2v) is 11.8. The predicted molar refractivity (Wildman–Crippen MR) is 124 cm³/mol. The molecule has 10 heteroatoms. The summed E-state index contributed by atoms with van der Waals surface area (Å²) in [4.78, 5) is 22.5. The maximum atomic E-state index is 13.8. The van der Waals surface area contributed by atoms with Gasteiger partial charge >= 0.3 is 0 Å². The maximum Gasteiger partial charge on any atom is 0.263 e. The molecule has 1 N–H and O–H groups in total. The van der Waals surface area contributed by atoms with E-state index in [1.54, 1.807) is 27.9 Å². The highest BCUT2D eigenvalue weighted by atomic mass is 32.2. The van der Waals surface area contributed by atoms with Crippen LogP contribution in [0.5, 0.6) is 0 Å². The van der Waals surface area contributed by atoms with Gasteiger partial charge in [-0.05, 0) is 63.1 Å². The number of anilines is 1. The van der Waals surface area contributed by atoms with Gasteiger partial charge in [-0.15, -0.1) is 0 Å². The van der Waals surface area contributed by atoms with Gasteiger partial charge in [-0.1, -0.05) is 0 Å². The predicted octanol–water partition coefficient (Wildman–Crippen LogP) is 2.35. The van der Waals surface area contributed by atoms with Crippen LogP contribution in [0.15, 0.2) is 34.4 Å². The summed E-state index contributed by atoms with van der Waals surface area (Å²) in [5.74, 6) is 0.705. The average Bonchev–Trinajstić information content (AvgIpc) is 3.65. The van der Waals surface area contributed by atoms with Crippen LogP contribution in [0.2, 0.25) is 0 Å². The lowest BCUT2D eigenvalue weighted by atomic mass is 9.98. The van der Waals surface area contributed by atoms with E-state index in [2.05, 4.69) is 21.6 Å². The van der Waals surface area contributed by atoms with E-state index in [1.807, 2.05) is 20.2 Å². The van der Waals surface area contributed by atoms with Gasteiger partial charge in [-0.2, -0.15) is 5.10 Å². The molecule has 1 aromatic carbocycles. The molecule has 1 aromatic heterocycles. The maximum absolute atomic E-state index is 13.8. The zero-order chi connectivity index (χ0) is 23.1. The van der Waals surface area contributed by atoms with Gasteiger partial charge in [0, 0.05) is 24.3 Å². The molecule has 3 heterocycles. The zero-order valence-electron chi connectivity index (χ0n) is 19.1. The number of sulfonamides is 1. The van der Waals surface area contributed by atoms with E-state index >= 15 is 0 Å². The van der Waals surface area contributed by atoms with E-state index in [9.17, 15) is 13.2 Å². The van der Waals surface area contributed by atoms with Crippen LogP contribution < -0.4 is 9.62 Å². The second kappa shape index (κ2) is 6.89. The molecule has 2 aliphatic heterocycles. The summed E-state index contributed by atoms with van der Waals surface area (Å²) in [5, 5.41) is 4.22. The average molecular weight is 469 g/mol. The first-order chi connectivity index (χ1) is 15.7. The van der Waals surface area contributed by atoms with E-state index in [1.165, 1.54) is 0 Å². The molecule has 6 rings (SSSR count). The van der Waals surface area contributed by atoms with E-state index in [0.717, 1.165) is 42.5 Å². The molecule has 1 atom stereocenters. The Bertz CT molecular complexity index is 1310. The number of fused-ring (bicyclic) bond motifs is 3. The Morgan fingerprint density at radius 2 is 2.00 bits per heavy atom. The second-order valence-electron chi connectivity index (χ2n) is 10.1. The van der Waals surface area contributed by atoms with Crippen molar-refractivity contribution in [3.8, 4) is 0 Å². The lowest BCUT2D eigenvalue weighted by Gasteiger charge is -2.39. The third-order valence-corrected chi connectivity index (χ3v) is 8.65. The first-order valence-electron chi connectivity index (χ1n) is 11.5. The number of carbonyl (C=O) groups excluding carboxylic acids is 1. The van der Waals surface area contributed by atoms with Crippen molar-refractivity contribution in [3.63, 3.8) is 0 Å². The molecule has 2 aliphatic carbocycles. The molecule has 0 radical (unpaired) electrons. The molecule has 0 unspecified atom stereocenters. The zero-order valence-corrected chi connectivity index (χ0v) is 19.9. The topological polar surface area (TPSA) is 99.9 Å². The van der Waals surface area contributed by atoms with Gasteiger partial charge in [0.2, 0.25) is 16.0 Å². The molecular formula is C23H28N6O3S. The molecule has 2 saturated carbocycles. The number of benzene rings is 1. The fourth-order valence-electron chi connectivity index (χ4n) is 4.81. The highest BCUT2D eigenvalue weighted by molar-refractivity contribution is 7.89. The Balaban J connectivity index is 1.49. The Kier molecular flexibility index (Phi) is 4.36. The minimum atomic E-state index is -3.73. The van der Waals surface area contributed by atoms with Gasteiger partial charge in [-0.25, -0.2) is 13.1 Å². The van der Waals surface area contributed by atoms with Gasteiger partial charge in [-0.3, -0.25) is 19.4 Å². The third kappa shape index (κ3) is 3.47. The van der Waals surface area contributed by atoms with Crippen molar-refractivity contribution >= 4 is 27.6 Å². The van der Waals surface area contributed by atoms with Crippen molar-refractivity contribution in [1.82, 2.24) is 19.4 Å². The first kappa shape index (κ1) is 20.9. The summed E-state index contributed by atoms with van der Waals surface area (Å²) in [6.45, 7) is 4.94. The lowest BCUT2D eigenvalue weighted by Crippen LogP contribution is -2.52. The summed E-state index contributed by atoms with van der Waals surface area (Å²) in [7, 11) is -1.89. The molecule has 9 nitrogen and oxygen atoms in total. The van der Waals surface area contributed by atoms with Crippen LogP contribution in [0, 0.1) is 0 Å². The lowest BCUT2D eigenvalue weighted by molar-refractivity contribution is 0.0832. The quantitative estimate of drug-likeness (QED) is 0.702. The van der Waals surface area contributed by atoms with Crippen molar-refractivity contribution in [1.29, 1.82) is 0 Å². The Morgan fingerprint density at radius 1 is 1.24 bits per heavy atom. The number of aliphatic imine (C=N–C) groups is 1. The van der Waals surface area contributed by atoms with Gasteiger partial charge in [0.15, 0.2) is 0 Å². The highest BCUT2D eigenvalue weighted by Gasteiger charge is 2.46. The number of hydrogen-bond acceptors (Lipinski definition) is 6. The van der Waals surface area contributed by atoms with E-state index in [4.69, 9.17) is 4.99 Å². The number of nitrogens with zero attached hydrogens (tertiary/aromatic N) is 5. The largest absolute Gasteiger partial charge is 0.306 e. The third-order valence-electron chi connectivity index (χ3n) is 7.03. The van der Waals surface area contributed by atoms with Crippen LogP contribution in [0.3, 0.4) is 0 Å². The van der Waals surface area contributed by atoms with Crippen LogP contribution >= 0.6 is 0 Å². The summed E-state index contributed by atoms with van der Waals surface area (Å²) in [5.41, 5.74) is 2.74. The molecule has 1 amide bonds. The van der Waals surface area contributed by atoms with Crippen LogP contribution in [0.4, 0.5) is 5.69 Å². The number of guanidine groups is 1. The summed E-state index contributed by atoms with van der Waals surface area (Å²) in [6.07, 6.45) is 7.28. The van der Waals surface area contributed by atoms with E-state index in [0.29, 0.717) is 24.6 Å². The van der Waals surface area contributed by atoms with Crippen molar-refractivity contribution in [3.05, 3.63) is 41.2 Å². The monoisotopic (exact) mass is 468 g/mol. The Labute approximate surface area is 193 Å². The molecular weight excluding hydrogens is 440 g/mol. The number of hydrogen-bond donors (Lipinski definition) is 1. The molecule has 2 aromatic rings. The van der Waals surface area contributed by atoms with E-state index < -0.39 is 10.0 Å². The summed E-state index contributed by atoms with van der Waals surface area (Å²) in [6, 6.07) is 3.44. The van der Waals surface area contributed by atoms with Crippen LogP contribution in [0.1, 0.15) is 66.9 Å². The minimum Gasteiger partial charge on any atom is -0.306 e. The van der Waals surface area contributed by atoms with Crippen LogP contribution in [-0.2, 0) is 23.6 Å². The van der Waals surface area contributed by atoms with Crippen molar-refractivity contribution < 1.29 is 13.2 Å². The van der Waals surface area contributed by atoms with Crippen molar-refractivity contribution in [2.45, 2.75) is 68.5 Å². The summed E-state index contributed by atoms with van der Waals surface area (Å²) < 4.78 is 31.1. The molecule has 174 valence electrons. The number of aromatic nitrogens is 2. The number of carbonyl (C=O) groups is 1. The Morgan fingerprint density at radius 3 is 2.64 bits per heavy atom. The fourth-order valence-corrected chi connectivity index (χ4v) is 6.34. The standard InChI is InChI=1S/C23H28N6O3S/c1-14-10-24-22-28(13-15-11-25-27(3)12-15)21(30)19-9-17(33(31,32)26-23(2)6-7-23)8-18(16-4-5-16)20(19)29(14)22/h8-9,11-12,14,16,26H,4-7,10,13H2,1-3H3/t14-/m1/s1. The Hall–Kier alpha value is -2.72. The van der Waals surface area contributed by atoms with Gasteiger partial charge in [0.05, 0.1) is 41.5 Å². The molecule has 0 bridgehead atoms. The number of amides is 1. The van der Waals surface area contributed by atoms with E-state index in [-0.39, 0.29) is 28.3 Å².